The van der Waals surface area contributed by atoms with E-state index >= 15 is 0 Å². The topological polar surface area (TPSA) is 73.2 Å². The molecule has 0 aliphatic carbocycles. The van der Waals surface area contributed by atoms with Gasteiger partial charge in [0.15, 0.2) is 0 Å². The van der Waals surface area contributed by atoms with Gasteiger partial charge in [-0.3, -0.25) is 4.79 Å². The van der Waals surface area contributed by atoms with E-state index in [9.17, 15) is 9.59 Å². The molecule has 0 aliphatic heterocycles. The number of hydrogen-bond acceptors (Lipinski definition) is 4. The van der Waals surface area contributed by atoms with Gasteiger partial charge < -0.3 is 14.6 Å². The number of benzene rings is 2. The predicted octanol–water partition coefficient (Wildman–Crippen LogP) is 3.22. The SMILES string of the molecule is COC(=O)c1ccc(NC(=O)c2cccc(-n3ccnc3)c2)c(C)c1. The molecular weight excluding hydrogens is 318 g/mol. The predicted molar refractivity (Wildman–Crippen MR) is 94.0 cm³/mol. The van der Waals surface area contributed by atoms with Gasteiger partial charge in [0.25, 0.3) is 5.91 Å². The maximum absolute atomic E-state index is 12.5. The number of rotatable bonds is 4. The number of esters is 1. The van der Waals surface area contributed by atoms with E-state index in [1.54, 1.807) is 42.9 Å². The van der Waals surface area contributed by atoms with Crippen LogP contribution in [-0.2, 0) is 4.74 Å². The molecule has 1 aromatic heterocycles. The summed E-state index contributed by atoms with van der Waals surface area (Å²) < 4.78 is 6.52. The second kappa shape index (κ2) is 7.00. The highest BCUT2D eigenvalue weighted by atomic mass is 16.5. The molecule has 3 aromatic rings. The molecule has 0 spiro atoms. The van der Waals surface area contributed by atoms with Crippen LogP contribution in [-0.4, -0.2) is 28.5 Å². The average Bonchev–Trinajstić information content (AvgIpc) is 3.17. The lowest BCUT2D eigenvalue weighted by molar-refractivity contribution is 0.0600. The van der Waals surface area contributed by atoms with E-state index in [2.05, 4.69) is 10.3 Å². The summed E-state index contributed by atoms with van der Waals surface area (Å²) in [5.74, 6) is -0.634. The first-order valence-electron chi connectivity index (χ1n) is 7.67. The van der Waals surface area contributed by atoms with Crippen molar-refractivity contribution in [3.63, 3.8) is 0 Å². The highest BCUT2D eigenvalue weighted by Gasteiger charge is 2.11. The van der Waals surface area contributed by atoms with Crippen molar-refractivity contribution in [2.45, 2.75) is 6.92 Å². The fraction of sp³-hybridized carbons (Fsp3) is 0.105. The van der Waals surface area contributed by atoms with Crippen molar-refractivity contribution in [1.82, 2.24) is 9.55 Å². The molecular formula is C19H17N3O3. The second-order valence-corrected chi connectivity index (χ2v) is 5.50. The molecule has 0 atom stereocenters. The minimum absolute atomic E-state index is 0.226. The fourth-order valence-corrected chi connectivity index (χ4v) is 2.46. The summed E-state index contributed by atoms with van der Waals surface area (Å²) in [6.07, 6.45) is 5.17. The van der Waals surface area contributed by atoms with Gasteiger partial charge in [-0.25, -0.2) is 9.78 Å². The van der Waals surface area contributed by atoms with Gasteiger partial charge in [0.2, 0.25) is 0 Å². The van der Waals surface area contributed by atoms with Crippen molar-refractivity contribution in [3.8, 4) is 5.69 Å². The number of methoxy groups -OCH3 is 1. The van der Waals surface area contributed by atoms with Crippen molar-refractivity contribution in [1.29, 1.82) is 0 Å². The Morgan fingerprint density at radius 1 is 1.12 bits per heavy atom. The molecule has 25 heavy (non-hydrogen) atoms. The van der Waals surface area contributed by atoms with Crippen LogP contribution in [0.3, 0.4) is 0 Å². The molecule has 3 rings (SSSR count). The first kappa shape index (κ1) is 16.4. The van der Waals surface area contributed by atoms with Gasteiger partial charge in [-0.2, -0.15) is 0 Å². The van der Waals surface area contributed by atoms with Crippen LogP contribution in [0.25, 0.3) is 5.69 Å². The number of ether oxygens (including phenoxy) is 1. The van der Waals surface area contributed by atoms with E-state index in [1.807, 2.05) is 29.8 Å². The largest absolute Gasteiger partial charge is 0.465 e. The Balaban J connectivity index is 1.81. The maximum atomic E-state index is 12.5. The summed E-state index contributed by atoms with van der Waals surface area (Å²) in [4.78, 5) is 28.1. The molecule has 1 amide bonds. The van der Waals surface area contributed by atoms with Gasteiger partial charge in [0.1, 0.15) is 0 Å². The van der Waals surface area contributed by atoms with Gasteiger partial charge in [-0.05, 0) is 48.9 Å². The lowest BCUT2D eigenvalue weighted by Crippen LogP contribution is -2.13. The molecule has 0 saturated carbocycles. The number of amides is 1. The molecule has 0 aliphatic rings. The lowest BCUT2D eigenvalue weighted by Gasteiger charge is -2.11. The molecule has 1 N–H and O–H groups in total. The van der Waals surface area contributed by atoms with Crippen molar-refractivity contribution < 1.29 is 14.3 Å². The van der Waals surface area contributed by atoms with E-state index in [-0.39, 0.29) is 5.91 Å². The molecule has 6 nitrogen and oxygen atoms in total. The normalized spacial score (nSPS) is 10.3. The number of nitrogens with one attached hydrogen (secondary N) is 1. The summed E-state index contributed by atoms with van der Waals surface area (Å²) in [5.41, 5.74) is 3.25. The van der Waals surface area contributed by atoms with Crippen LogP contribution in [0.1, 0.15) is 26.3 Å². The number of aryl methyl sites for hydroxylation is 1. The van der Waals surface area contributed by atoms with Crippen LogP contribution in [0, 0.1) is 6.92 Å². The molecule has 0 bridgehead atoms. The molecule has 0 saturated heterocycles. The number of imidazole rings is 1. The molecule has 0 fully saturated rings. The minimum atomic E-state index is -0.408. The van der Waals surface area contributed by atoms with Gasteiger partial charge in [-0.1, -0.05) is 6.07 Å². The van der Waals surface area contributed by atoms with Gasteiger partial charge in [0, 0.05) is 29.3 Å². The Bertz CT molecular complexity index is 917. The zero-order valence-electron chi connectivity index (χ0n) is 13.9. The molecule has 6 heteroatoms. The van der Waals surface area contributed by atoms with Gasteiger partial charge in [0.05, 0.1) is 19.0 Å². The van der Waals surface area contributed by atoms with Crippen molar-refractivity contribution in [2.24, 2.45) is 0 Å². The molecule has 1 heterocycles. The summed E-state index contributed by atoms with van der Waals surface area (Å²) >= 11 is 0. The van der Waals surface area contributed by atoms with Crippen molar-refractivity contribution in [2.75, 3.05) is 12.4 Å². The first-order chi connectivity index (χ1) is 12.1. The van der Waals surface area contributed by atoms with E-state index in [4.69, 9.17) is 4.74 Å². The smallest absolute Gasteiger partial charge is 0.337 e. The van der Waals surface area contributed by atoms with Crippen LogP contribution >= 0.6 is 0 Å². The molecule has 0 unspecified atom stereocenters. The lowest BCUT2D eigenvalue weighted by atomic mass is 10.1. The minimum Gasteiger partial charge on any atom is -0.465 e. The van der Waals surface area contributed by atoms with Crippen LogP contribution < -0.4 is 5.32 Å². The number of nitrogens with zero attached hydrogens (tertiary/aromatic N) is 2. The Morgan fingerprint density at radius 3 is 2.64 bits per heavy atom. The summed E-state index contributed by atoms with van der Waals surface area (Å²) in [5, 5.41) is 2.87. The summed E-state index contributed by atoms with van der Waals surface area (Å²) in [7, 11) is 1.33. The highest BCUT2D eigenvalue weighted by molar-refractivity contribution is 6.05. The number of aromatic nitrogens is 2. The van der Waals surface area contributed by atoms with Crippen LogP contribution in [0.15, 0.2) is 61.2 Å². The fourth-order valence-electron chi connectivity index (χ4n) is 2.46. The highest BCUT2D eigenvalue weighted by Crippen LogP contribution is 2.19. The van der Waals surface area contributed by atoms with E-state index < -0.39 is 5.97 Å². The first-order valence-corrected chi connectivity index (χ1v) is 7.67. The maximum Gasteiger partial charge on any atom is 0.337 e. The molecule has 0 radical (unpaired) electrons. The quantitative estimate of drug-likeness (QED) is 0.743. The third kappa shape index (κ3) is 3.58. The Labute approximate surface area is 145 Å². The standard InChI is InChI=1S/C19H17N3O3/c1-13-10-15(19(24)25-2)6-7-17(13)21-18(23)14-4-3-5-16(11-14)22-9-8-20-12-22/h3-12H,1-2H3,(H,21,23). The average molecular weight is 335 g/mol. The Kier molecular flexibility index (Phi) is 4.61. The Hall–Kier alpha value is -3.41. The monoisotopic (exact) mass is 335 g/mol. The number of carbonyl (C=O) groups is 2. The van der Waals surface area contributed by atoms with E-state index in [0.717, 1.165) is 11.3 Å². The second-order valence-electron chi connectivity index (χ2n) is 5.50. The Morgan fingerprint density at radius 2 is 1.96 bits per heavy atom. The van der Waals surface area contributed by atoms with E-state index in [0.29, 0.717) is 16.8 Å². The van der Waals surface area contributed by atoms with Crippen LogP contribution in [0.4, 0.5) is 5.69 Å². The van der Waals surface area contributed by atoms with Crippen molar-refractivity contribution >= 4 is 17.6 Å². The number of anilines is 1. The summed E-state index contributed by atoms with van der Waals surface area (Å²) in [6, 6.07) is 12.2. The molecule has 2 aromatic carbocycles. The van der Waals surface area contributed by atoms with Crippen molar-refractivity contribution in [3.05, 3.63) is 77.9 Å². The number of carbonyl (C=O) groups excluding carboxylic acids is 2. The zero-order valence-corrected chi connectivity index (χ0v) is 13.9. The third-order valence-electron chi connectivity index (χ3n) is 3.81. The van der Waals surface area contributed by atoms with Crippen LogP contribution in [0.2, 0.25) is 0 Å². The summed E-state index contributed by atoms with van der Waals surface area (Å²) in [6.45, 7) is 1.82. The van der Waals surface area contributed by atoms with E-state index in [1.165, 1.54) is 7.11 Å². The number of hydrogen-bond donors (Lipinski definition) is 1. The molecule has 126 valence electrons. The van der Waals surface area contributed by atoms with Crippen LogP contribution in [0.5, 0.6) is 0 Å². The van der Waals surface area contributed by atoms with Gasteiger partial charge in [-0.15, -0.1) is 0 Å². The zero-order chi connectivity index (χ0) is 17.8. The van der Waals surface area contributed by atoms with Gasteiger partial charge >= 0.3 is 5.97 Å². The third-order valence-corrected chi connectivity index (χ3v) is 3.81.